The van der Waals surface area contributed by atoms with Crippen LogP contribution in [0, 0.1) is 0 Å². The molecule has 0 saturated carbocycles. The molecule has 1 rings (SSSR count). The second-order valence-corrected chi connectivity index (χ2v) is 2.11. The van der Waals surface area contributed by atoms with Crippen molar-refractivity contribution in [3.05, 3.63) is 16.4 Å². The quantitative estimate of drug-likeness (QED) is 0.674. The third kappa shape index (κ3) is 3.02. The normalized spacial score (nSPS) is 9.18. The molecule has 0 spiro atoms. The summed E-state index contributed by atoms with van der Waals surface area (Å²) in [5.41, 5.74) is 0. The molecule has 1 heterocycles. The van der Waals surface area contributed by atoms with E-state index in [1.165, 1.54) is 0 Å². The first-order valence-electron chi connectivity index (χ1n) is 3.75. The number of aromatic nitrogens is 2. The molecular formula is C7H14N2O2. The monoisotopic (exact) mass is 158 g/mol. The van der Waals surface area contributed by atoms with Crippen LogP contribution in [-0.4, -0.2) is 10.2 Å². The van der Waals surface area contributed by atoms with Crippen LogP contribution in [0.4, 0.5) is 0 Å². The summed E-state index contributed by atoms with van der Waals surface area (Å²) < 4.78 is 4.62. The van der Waals surface area contributed by atoms with E-state index in [0.29, 0.717) is 5.89 Å². The molecule has 0 aliphatic heterocycles. The summed E-state index contributed by atoms with van der Waals surface area (Å²) in [5.74, 6) is 0.141. The summed E-state index contributed by atoms with van der Waals surface area (Å²) in [6, 6.07) is 0. The van der Waals surface area contributed by atoms with Gasteiger partial charge in [0.05, 0.1) is 0 Å². The zero-order valence-electron chi connectivity index (χ0n) is 7.34. The molecule has 64 valence electrons. The fourth-order valence-electron chi connectivity index (χ4n) is 0.488. The van der Waals surface area contributed by atoms with Crippen molar-refractivity contribution in [1.29, 1.82) is 0 Å². The summed E-state index contributed by atoms with van der Waals surface area (Å²) >= 11 is 0. The first kappa shape index (κ1) is 9.94. The van der Waals surface area contributed by atoms with Gasteiger partial charge in [0.1, 0.15) is 0 Å². The second kappa shape index (κ2) is 4.71. The Balaban J connectivity index is 0.000000461. The number of aromatic amines is 1. The molecule has 4 heteroatoms. The number of rotatable bonds is 1. The van der Waals surface area contributed by atoms with Gasteiger partial charge in [0.15, 0.2) is 0 Å². The van der Waals surface area contributed by atoms with E-state index in [1.807, 2.05) is 27.7 Å². The lowest BCUT2D eigenvalue weighted by Crippen LogP contribution is -1.93. The molecule has 0 saturated heterocycles. The molecule has 0 radical (unpaired) electrons. The minimum absolute atomic E-state index is 0.170. The maximum absolute atomic E-state index is 10.3. The molecule has 0 amide bonds. The van der Waals surface area contributed by atoms with Crippen molar-refractivity contribution in [1.82, 2.24) is 10.2 Å². The summed E-state index contributed by atoms with van der Waals surface area (Å²) in [6.45, 7) is 7.80. The van der Waals surface area contributed by atoms with E-state index in [-0.39, 0.29) is 5.92 Å². The third-order valence-corrected chi connectivity index (χ3v) is 0.949. The number of nitrogens with one attached hydrogen (secondary N) is 1. The van der Waals surface area contributed by atoms with Crippen molar-refractivity contribution in [3.8, 4) is 0 Å². The van der Waals surface area contributed by atoms with Crippen LogP contribution in [0.5, 0.6) is 0 Å². The molecule has 0 bridgehead atoms. The highest BCUT2D eigenvalue weighted by Crippen LogP contribution is 2.05. The Morgan fingerprint density at radius 3 is 2.18 bits per heavy atom. The maximum Gasteiger partial charge on any atom is 0.434 e. The molecule has 1 aromatic heterocycles. The molecule has 1 N–H and O–H groups in total. The van der Waals surface area contributed by atoms with Crippen LogP contribution < -0.4 is 5.76 Å². The van der Waals surface area contributed by atoms with Crippen LogP contribution in [0.3, 0.4) is 0 Å². The molecule has 0 aliphatic carbocycles. The van der Waals surface area contributed by atoms with Crippen LogP contribution in [0.25, 0.3) is 0 Å². The lowest BCUT2D eigenvalue weighted by molar-refractivity contribution is 0.442. The Kier molecular flexibility index (Phi) is 4.26. The van der Waals surface area contributed by atoms with Crippen LogP contribution in [-0.2, 0) is 0 Å². The summed E-state index contributed by atoms with van der Waals surface area (Å²) in [4.78, 5) is 10.3. The van der Waals surface area contributed by atoms with E-state index >= 15 is 0 Å². The summed E-state index contributed by atoms with van der Waals surface area (Å²) in [7, 11) is 0. The van der Waals surface area contributed by atoms with E-state index < -0.39 is 5.76 Å². The SMILES string of the molecule is CC.CC(C)c1n[nH]c(=O)o1. The van der Waals surface area contributed by atoms with Crippen molar-refractivity contribution in [3.63, 3.8) is 0 Å². The van der Waals surface area contributed by atoms with Crippen molar-refractivity contribution < 1.29 is 4.42 Å². The van der Waals surface area contributed by atoms with Gasteiger partial charge in [-0.05, 0) is 0 Å². The first-order chi connectivity index (χ1) is 5.20. The Bertz CT molecular complexity index is 237. The lowest BCUT2D eigenvalue weighted by atomic mass is 10.2. The molecular weight excluding hydrogens is 144 g/mol. The van der Waals surface area contributed by atoms with E-state index in [9.17, 15) is 4.79 Å². The highest BCUT2D eigenvalue weighted by Gasteiger charge is 2.04. The van der Waals surface area contributed by atoms with Crippen molar-refractivity contribution in [2.24, 2.45) is 0 Å². The van der Waals surface area contributed by atoms with Gasteiger partial charge in [0.25, 0.3) is 0 Å². The topological polar surface area (TPSA) is 58.9 Å². The number of hydrogen-bond acceptors (Lipinski definition) is 3. The largest absolute Gasteiger partial charge is 0.434 e. The number of hydrogen-bond donors (Lipinski definition) is 1. The molecule has 0 unspecified atom stereocenters. The van der Waals surface area contributed by atoms with E-state index in [2.05, 4.69) is 14.6 Å². The molecule has 1 aromatic rings. The lowest BCUT2D eigenvalue weighted by Gasteiger charge is -1.91. The molecule has 11 heavy (non-hydrogen) atoms. The zero-order valence-corrected chi connectivity index (χ0v) is 7.34. The van der Waals surface area contributed by atoms with Gasteiger partial charge in [-0.2, -0.15) is 0 Å². The molecule has 4 nitrogen and oxygen atoms in total. The smallest absolute Gasteiger partial charge is 0.392 e. The van der Waals surface area contributed by atoms with Gasteiger partial charge in [0.2, 0.25) is 5.89 Å². The highest BCUT2D eigenvalue weighted by molar-refractivity contribution is 4.80. The fourth-order valence-corrected chi connectivity index (χ4v) is 0.488. The first-order valence-corrected chi connectivity index (χ1v) is 3.75. The Labute approximate surface area is 65.6 Å². The maximum atomic E-state index is 10.3. The summed E-state index contributed by atoms with van der Waals surface area (Å²) in [5, 5.41) is 5.79. The average Bonchev–Trinajstić information content (AvgIpc) is 2.40. The van der Waals surface area contributed by atoms with Gasteiger partial charge in [-0.15, -0.1) is 5.10 Å². The van der Waals surface area contributed by atoms with E-state index in [0.717, 1.165) is 0 Å². The average molecular weight is 158 g/mol. The van der Waals surface area contributed by atoms with Crippen LogP contribution in [0.1, 0.15) is 39.5 Å². The predicted octanol–water partition coefficient (Wildman–Crippen LogP) is 1.51. The zero-order chi connectivity index (χ0) is 8.85. The van der Waals surface area contributed by atoms with Crippen molar-refractivity contribution in [2.75, 3.05) is 0 Å². The molecule has 0 aliphatic rings. The van der Waals surface area contributed by atoms with Crippen molar-refractivity contribution >= 4 is 0 Å². The minimum Gasteiger partial charge on any atom is -0.392 e. The van der Waals surface area contributed by atoms with Gasteiger partial charge >= 0.3 is 5.76 Å². The van der Waals surface area contributed by atoms with Gasteiger partial charge in [0, 0.05) is 5.92 Å². The van der Waals surface area contributed by atoms with E-state index in [1.54, 1.807) is 0 Å². The van der Waals surface area contributed by atoms with Crippen molar-refractivity contribution in [2.45, 2.75) is 33.6 Å². The van der Waals surface area contributed by atoms with Gasteiger partial charge in [-0.3, -0.25) is 0 Å². The summed E-state index contributed by atoms with van der Waals surface area (Å²) in [6.07, 6.45) is 0. The standard InChI is InChI=1S/C5H8N2O2.C2H6/c1-3(2)4-6-7-5(8)9-4;1-2/h3H,1-2H3,(H,7,8);1-2H3. The molecule has 0 atom stereocenters. The third-order valence-electron chi connectivity index (χ3n) is 0.949. The predicted molar refractivity (Wildman–Crippen MR) is 42.6 cm³/mol. The Morgan fingerprint density at radius 2 is 2.00 bits per heavy atom. The van der Waals surface area contributed by atoms with E-state index in [4.69, 9.17) is 0 Å². The second-order valence-electron chi connectivity index (χ2n) is 2.11. The number of H-pyrrole nitrogens is 1. The van der Waals surface area contributed by atoms with Crippen LogP contribution in [0.2, 0.25) is 0 Å². The Hall–Kier alpha value is -1.06. The Morgan fingerprint density at radius 1 is 1.45 bits per heavy atom. The minimum atomic E-state index is -0.487. The fraction of sp³-hybridized carbons (Fsp3) is 0.714. The van der Waals surface area contributed by atoms with Gasteiger partial charge in [-0.25, -0.2) is 9.89 Å². The van der Waals surface area contributed by atoms with Crippen LogP contribution in [0.15, 0.2) is 9.21 Å². The van der Waals surface area contributed by atoms with Crippen LogP contribution >= 0.6 is 0 Å². The van der Waals surface area contributed by atoms with Gasteiger partial charge < -0.3 is 4.42 Å². The number of nitrogens with zero attached hydrogens (tertiary/aromatic N) is 1. The molecule has 0 aromatic carbocycles. The van der Waals surface area contributed by atoms with Gasteiger partial charge in [-0.1, -0.05) is 27.7 Å². The molecule has 0 fully saturated rings. The highest BCUT2D eigenvalue weighted by atomic mass is 16.4.